The van der Waals surface area contributed by atoms with Gasteiger partial charge in [0.2, 0.25) is 0 Å². The molecule has 0 fully saturated rings. The number of hydrogen-bond donors (Lipinski definition) is 0. The fraction of sp³-hybridized carbons (Fsp3) is 0.208. The Morgan fingerprint density at radius 2 is 1.80 bits per heavy atom. The molecule has 0 bridgehead atoms. The molecule has 0 aliphatic carbocycles. The third-order valence-electron chi connectivity index (χ3n) is 5.43. The monoisotopic (exact) mass is 580 g/mol. The van der Waals surface area contributed by atoms with Gasteiger partial charge in [-0.1, -0.05) is 6.07 Å². The van der Waals surface area contributed by atoms with Crippen LogP contribution in [0.1, 0.15) is 16.3 Å². The molecule has 35 heavy (non-hydrogen) atoms. The van der Waals surface area contributed by atoms with Crippen molar-refractivity contribution >= 4 is 50.7 Å². The largest absolute Gasteiger partial charge is 0.497 e. The van der Waals surface area contributed by atoms with E-state index in [1.807, 2.05) is 35.0 Å². The second-order valence-corrected chi connectivity index (χ2v) is 9.53. The number of aromatic nitrogens is 4. The van der Waals surface area contributed by atoms with Crippen LogP contribution in [0.3, 0.4) is 0 Å². The molecule has 4 heterocycles. The number of pyridine rings is 1. The molecule has 4 aromatic heterocycles. The first-order chi connectivity index (χ1) is 16.3. The molecule has 0 saturated carbocycles. The van der Waals surface area contributed by atoms with E-state index in [2.05, 4.69) is 10.1 Å². The molecule has 0 unspecified atom stereocenters. The average Bonchev–Trinajstić information content (AvgIpc) is 3.58. The van der Waals surface area contributed by atoms with Crippen LogP contribution in [0.25, 0.3) is 32.9 Å². The minimum atomic E-state index is -4.51. The summed E-state index contributed by atoms with van der Waals surface area (Å²) < 4.78 is 48.5. The molecule has 11 heteroatoms. The first kappa shape index (κ1) is 25.3. The average molecular weight is 581 g/mol. The summed E-state index contributed by atoms with van der Waals surface area (Å²) in [5.74, 6) is 0.771. The Morgan fingerprint density at radius 1 is 1.03 bits per heavy atom. The second-order valence-electron chi connectivity index (χ2n) is 7.64. The van der Waals surface area contributed by atoms with Gasteiger partial charge < -0.3 is 4.74 Å². The zero-order chi connectivity index (χ0) is 23.9. The van der Waals surface area contributed by atoms with Gasteiger partial charge in [0.25, 0.3) is 0 Å². The van der Waals surface area contributed by atoms with Gasteiger partial charge in [0, 0.05) is 23.9 Å². The fourth-order valence-electron chi connectivity index (χ4n) is 3.81. The van der Waals surface area contributed by atoms with Gasteiger partial charge >= 0.3 is 6.18 Å². The molecule has 0 saturated heterocycles. The first-order valence-electron chi connectivity index (χ1n) is 10.4. The zero-order valence-corrected chi connectivity index (χ0v) is 22.0. The maximum absolute atomic E-state index is 13.9. The van der Waals surface area contributed by atoms with Crippen molar-refractivity contribution in [2.75, 3.05) is 7.11 Å². The van der Waals surface area contributed by atoms with Crippen molar-refractivity contribution < 1.29 is 17.9 Å². The van der Waals surface area contributed by atoms with E-state index in [4.69, 9.17) is 9.72 Å². The third kappa shape index (κ3) is 5.12. The molecular weight excluding hydrogens is 561 g/mol. The molecule has 1 aromatic carbocycles. The summed E-state index contributed by atoms with van der Waals surface area (Å²) in [5, 5.41) is 9.12. The van der Waals surface area contributed by atoms with Gasteiger partial charge in [0.15, 0.2) is 5.65 Å². The predicted octanol–water partition coefficient (Wildman–Crippen LogP) is 7.44. The molecular formula is C24H20BrF3N4OS2. The molecule has 182 valence electrons. The number of halogens is 4. The van der Waals surface area contributed by atoms with Gasteiger partial charge in [-0.3, -0.25) is 0 Å². The third-order valence-corrected chi connectivity index (χ3v) is 7.23. The van der Waals surface area contributed by atoms with E-state index in [1.165, 1.54) is 22.7 Å². The molecule has 0 radical (unpaired) electrons. The van der Waals surface area contributed by atoms with Crippen molar-refractivity contribution in [2.24, 2.45) is 0 Å². The Labute approximate surface area is 218 Å². The van der Waals surface area contributed by atoms with E-state index < -0.39 is 11.7 Å². The van der Waals surface area contributed by atoms with E-state index in [9.17, 15) is 13.2 Å². The van der Waals surface area contributed by atoms with Crippen LogP contribution in [0, 0.1) is 6.92 Å². The number of fused-ring (bicyclic) bond motifs is 1. The van der Waals surface area contributed by atoms with Crippen LogP contribution in [0.5, 0.6) is 5.75 Å². The topological polar surface area (TPSA) is 52.8 Å². The first-order valence-corrected chi connectivity index (χ1v) is 12.2. The van der Waals surface area contributed by atoms with Crippen LogP contribution in [-0.4, -0.2) is 26.9 Å². The van der Waals surface area contributed by atoms with E-state index in [0.717, 1.165) is 28.1 Å². The van der Waals surface area contributed by atoms with Gasteiger partial charge in [0.1, 0.15) is 5.75 Å². The summed E-state index contributed by atoms with van der Waals surface area (Å²) in [6, 6.07) is 12.3. The Bertz CT molecular complexity index is 1440. The fourth-order valence-corrected chi connectivity index (χ4v) is 5.29. The highest BCUT2D eigenvalue weighted by Gasteiger charge is 2.35. The number of nitrogens with zero attached hydrogens (tertiary/aromatic N) is 4. The Morgan fingerprint density at radius 3 is 2.46 bits per heavy atom. The predicted molar refractivity (Wildman–Crippen MR) is 139 cm³/mol. The lowest BCUT2D eigenvalue weighted by Crippen LogP contribution is -2.08. The number of methoxy groups -OCH3 is 1. The minimum Gasteiger partial charge on any atom is -0.497 e. The van der Waals surface area contributed by atoms with Crippen LogP contribution in [0.4, 0.5) is 13.2 Å². The van der Waals surface area contributed by atoms with E-state index in [1.54, 1.807) is 30.8 Å². The molecule has 0 amide bonds. The number of aryl methyl sites for hydroxylation is 3. The highest BCUT2D eigenvalue weighted by Crippen LogP contribution is 2.39. The van der Waals surface area contributed by atoms with Crippen molar-refractivity contribution in [3.05, 3.63) is 69.5 Å². The lowest BCUT2D eigenvalue weighted by Gasteiger charge is -2.11. The molecule has 0 atom stereocenters. The second kappa shape index (κ2) is 10.1. The summed E-state index contributed by atoms with van der Waals surface area (Å²) in [4.78, 5) is 9.95. The summed E-state index contributed by atoms with van der Waals surface area (Å²) in [6.07, 6.45) is -3.97. The summed E-state index contributed by atoms with van der Waals surface area (Å²) in [5.41, 5.74) is 1.96. The van der Waals surface area contributed by atoms with Gasteiger partial charge in [-0.15, -0.1) is 39.7 Å². The van der Waals surface area contributed by atoms with Gasteiger partial charge in [-0.25, -0.2) is 14.6 Å². The normalized spacial score (nSPS) is 11.6. The number of alkyl halides is 3. The van der Waals surface area contributed by atoms with Gasteiger partial charge in [-0.05, 0) is 48.7 Å². The maximum atomic E-state index is 13.9. The van der Waals surface area contributed by atoms with E-state index in [0.29, 0.717) is 29.2 Å². The smallest absolute Gasteiger partial charge is 0.417 e. The van der Waals surface area contributed by atoms with Crippen LogP contribution >= 0.6 is 39.7 Å². The number of thiophene rings is 1. The maximum Gasteiger partial charge on any atom is 0.417 e. The zero-order valence-electron chi connectivity index (χ0n) is 18.7. The molecule has 5 aromatic rings. The molecule has 0 spiro atoms. The highest BCUT2D eigenvalue weighted by atomic mass is 79.9. The van der Waals surface area contributed by atoms with Crippen molar-refractivity contribution in [2.45, 2.75) is 26.1 Å². The molecule has 5 nitrogen and oxygen atoms in total. The van der Waals surface area contributed by atoms with Crippen molar-refractivity contribution in [3.8, 4) is 27.6 Å². The standard InChI is InChI=1S/C24H19F3N4OS2.BrH/c1-14-22-17(24(25,26)27)12-18(20-4-3-11-33-20)29-23(22)31(30-14)10-9-21-28-19(13-34-21)15-5-7-16(32-2)8-6-15;/h3-8,11-13H,9-10H2,1-2H3;1H. The number of thiazole rings is 1. The lowest BCUT2D eigenvalue weighted by molar-refractivity contribution is -0.136. The number of hydrogen-bond acceptors (Lipinski definition) is 6. The Balaban J connectivity index is 0.00000289. The van der Waals surface area contributed by atoms with Gasteiger partial charge in [0.05, 0.1) is 45.0 Å². The molecule has 5 rings (SSSR count). The lowest BCUT2D eigenvalue weighted by atomic mass is 10.1. The SMILES string of the molecule is Br.COc1ccc(-c2csc(CCn3nc(C)c4c(C(F)(F)F)cc(-c5cccs5)nc43)n2)cc1. The van der Waals surface area contributed by atoms with Crippen molar-refractivity contribution in [3.63, 3.8) is 0 Å². The summed E-state index contributed by atoms with van der Waals surface area (Å²) in [7, 11) is 1.62. The number of ether oxygens (including phenoxy) is 1. The summed E-state index contributed by atoms with van der Waals surface area (Å²) >= 11 is 2.87. The van der Waals surface area contributed by atoms with Gasteiger partial charge in [-0.2, -0.15) is 18.3 Å². The van der Waals surface area contributed by atoms with Crippen molar-refractivity contribution in [1.82, 2.24) is 19.7 Å². The molecule has 0 N–H and O–H groups in total. The Kier molecular flexibility index (Phi) is 7.30. The van der Waals surface area contributed by atoms with Crippen LogP contribution in [-0.2, 0) is 19.1 Å². The van der Waals surface area contributed by atoms with E-state index in [-0.39, 0.29) is 28.0 Å². The highest BCUT2D eigenvalue weighted by molar-refractivity contribution is 8.93. The van der Waals surface area contributed by atoms with Crippen LogP contribution in [0.2, 0.25) is 0 Å². The number of rotatable bonds is 6. The molecule has 0 aliphatic rings. The minimum absolute atomic E-state index is 0. The number of benzene rings is 1. The van der Waals surface area contributed by atoms with Crippen molar-refractivity contribution in [1.29, 1.82) is 0 Å². The Hall–Kier alpha value is -2.76. The molecule has 0 aliphatic heterocycles. The van der Waals surface area contributed by atoms with Crippen LogP contribution in [0.15, 0.2) is 53.2 Å². The van der Waals surface area contributed by atoms with E-state index >= 15 is 0 Å². The summed E-state index contributed by atoms with van der Waals surface area (Å²) in [6.45, 7) is 1.96. The van der Waals surface area contributed by atoms with Crippen LogP contribution < -0.4 is 4.74 Å². The quantitative estimate of drug-likeness (QED) is 0.209.